The van der Waals surface area contributed by atoms with Crippen LogP contribution in [0.3, 0.4) is 0 Å². The van der Waals surface area contributed by atoms with E-state index in [1.54, 1.807) is 20.8 Å². The molecule has 0 spiro atoms. The van der Waals surface area contributed by atoms with E-state index in [0.717, 1.165) is 5.56 Å². The molecule has 0 aromatic carbocycles. The lowest BCUT2D eigenvalue weighted by molar-refractivity contribution is -0.121. The van der Waals surface area contributed by atoms with Crippen LogP contribution in [-0.2, 0) is 11.2 Å². The summed E-state index contributed by atoms with van der Waals surface area (Å²) in [6, 6.07) is -0.0937. The minimum Gasteiger partial charge on any atom is -0.393 e. The van der Waals surface area contributed by atoms with Crippen LogP contribution >= 0.6 is 0 Å². The number of nitrogens with zero attached hydrogens (tertiary/aromatic N) is 1. The van der Waals surface area contributed by atoms with Gasteiger partial charge >= 0.3 is 5.69 Å². The Bertz CT molecular complexity index is 482. The van der Waals surface area contributed by atoms with Gasteiger partial charge in [-0.25, -0.2) is 4.79 Å². The molecule has 0 saturated carbocycles. The maximum Gasteiger partial charge on any atom is 0.345 e. The van der Waals surface area contributed by atoms with Gasteiger partial charge in [-0.05, 0) is 34.1 Å². The molecule has 2 unspecified atom stereocenters. The number of H-pyrrole nitrogens is 1. The predicted molar refractivity (Wildman–Crippen MR) is 71.9 cm³/mol. The summed E-state index contributed by atoms with van der Waals surface area (Å²) in [5, 5.41) is 12.1. The van der Waals surface area contributed by atoms with Gasteiger partial charge in [-0.2, -0.15) is 4.98 Å². The van der Waals surface area contributed by atoms with Gasteiger partial charge in [0.1, 0.15) is 0 Å². The first-order valence-corrected chi connectivity index (χ1v) is 6.33. The first-order chi connectivity index (χ1) is 8.79. The third-order valence-corrected chi connectivity index (χ3v) is 2.89. The molecule has 2 atom stereocenters. The predicted octanol–water partition coefficient (Wildman–Crippen LogP) is 0.205. The number of aryl methyl sites for hydroxylation is 2. The smallest absolute Gasteiger partial charge is 0.345 e. The quantitative estimate of drug-likeness (QED) is 0.710. The Hall–Kier alpha value is -1.69. The van der Waals surface area contributed by atoms with Crippen LogP contribution in [0.5, 0.6) is 0 Å². The van der Waals surface area contributed by atoms with Crippen LogP contribution in [0, 0.1) is 13.8 Å². The van der Waals surface area contributed by atoms with Crippen LogP contribution in [0.2, 0.25) is 0 Å². The van der Waals surface area contributed by atoms with Gasteiger partial charge in [0, 0.05) is 23.0 Å². The van der Waals surface area contributed by atoms with Gasteiger partial charge in [-0.1, -0.05) is 0 Å². The number of aliphatic hydroxyl groups excluding tert-OH is 1. The molecule has 1 amide bonds. The molecule has 1 heterocycles. The minimum absolute atomic E-state index is 0.0937. The molecule has 0 aliphatic rings. The summed E-state index contributed by atoms with van der Waals surface area (Å²) >= 11 is 0. The van der Waals surface area contributed by atoms with Crippen LogP contribution in [0.15, 0.2) is 4.79 Å². The van der Waals surface area contributed by atoms with Crippen molar-refractivity contribution in [1.82, 2.24) is 15.3 Å². The van der Waals surface area contributed by atoms with E-state index in [0.29, 0.717) is 17.8 Å². The van der Waals surface area contributed by atoms with Crippen molar-refractivity contribution >= 4 is 5.91 Å². The number of aromatic amines is 1. The normalized spacial score (nSPS) is 13.9. The number of carbonyl (C=O) groups is 1. The molecule has 3 N–H and O–H groups in total. The molecule has 6 nitrogen and oxygen atoms in total. The van der Waals surface area contributed by atoms with Crippen molar-refractivity contribution in [2.75, 3.05) is 0 Å². The molecule has 0 aliphatic carbocycles. The average Bonchev–Trinajstić information content (AvgIpc) is 2.21. The number of amides is 1. The van der Waals surface area contributed by atoms with Crippen molar-refractivity contribution in [3.63, 3.8) is 0 Å². The zero-order valence-corrected chi connectivity index (χ0v) is 11.8. The van der Waals surface area contributed by atoms with E-state index >= 15 is 0 Å². The second kappa shape index (κ2) is 6.47. The molecule has 1 aromatic rings. The molecule has 0 radical (unpaired) electrons. The summed E-state index contributed by atoms with van der Waals surface area (Å²) in [6.07, 6.45) is 0.229. The van der Waals surface area contributed by atoms with Gasteiger partial charge in [0.2, 0.25) is 5.91 Å². The van der Waals surface area contributed by atoms with E-state index in [-0.39, 0.29) is 18.4 Å². The number of hydrogen-bond acceptors (Lipinski definition) is 4. The zero-order valence-electron chi connectivity index (χ0n) is 11.8. The third kappa shape index (κ3) is 4.82. The molecule has 0 aliphatic heterocycles. The summed E-state index contributed by atoms with van der Waals surface area (Å²) in [6.45, 7) is 6.99. The Kier molecular flexibility index (Phi) is 5.23. The van der Waals surface area contributed by atoms with Crippen LogP contribution < -0.4 is 11.0 Å². The Balaban J connectivity index is 2.70. The number of aromatic nitrogens is 2. The molecular weight excluding hydrogens is 246 g/mol. The molecule has 106 valence electrons. The highest BCUT2D eigenvalue weighted by Gasteiger charge is 2.14. The van der Waals surface area contributed by atoms with E-state index in [9.17, 15) is 14.7 Å². The monoisotopic (exact) mass is 267 g/mol. The lowest BCUT2D eigenvalue weighted by atomic mass is 10.1. The minimum atomic E-state index is -0.450. The molecule has 0 saturated heterocycles. The Morgan fingerprint density at radius 2 is 2.05 bits per heavy atom. The fourth-order valence-electron chi connectivity index (χ4n) is 2.07. The van der Waals surface area contributed by atoms with E-state index < -0.39 is 11.8 Å². The molecule has 1 rings (SSSR count). The van der Waals surface area contributed by atoms with Crippen LogP contribution in [0.4, 0.5) is 0 Å². The first kappa shape index (κ1) is 15.4. The molecule has 1 aromatic heterocycles. The molecule has 0 fully saturated rings. The van der Waals surface area contributed by atoms with E-state index in [2.05, 4.69) is 15.3 Å². The van der Waals surface area contributed by atoms with Crippen molar-refractivity contribution in [1.29, 1.82) is 0 Å². The zero-order chi connectivity index (χ0) is 14.6. The van der Waals surface area contributed by atoms with Gasteiger partial charge in [0.25, 0.3) is 0 Å². The van der Waals surface area contributed by atoms with Crippen molar-refractivity contribution in [2.45, 2.75) is 52.7 Å². The summed E-state index contributed by atoms with van der Waals surface area (Å²) < 4.78 is 0. The SMILES string of the molecule is Cc1nc(=O)[nH]c(C)c1CC(=O)NC(C)CC(C)O. The Morgan fingerprint density at radius 3 is 2.58 bits per heavy atom. The number of hydrogen-bond donors (Lipinski definition) is 3. The molecule has 0 bridgehead atoms. The molecular formula is C13H21N3O3. The standard InChI is InChI=1S/C13H21N3O3/c1-7(5-8(2)17)14-12(18)6-11-9(3)15-13(19)16-10(11)4/h7-8,17H,5-6H2,1-4H3,(H,14,18)(H,15,16,19). The van der Waals surface area contributed by atoms with Gasteiger partial charge in [-0.15, -0.1) is 0 Å². The van der Waals surface area contributed by atoms with E-state index in [1.807, 2.05) is 6.92 Å². The second-order valence-electron chi connectivity index (χ2n) is 4.96. The highest BCUT2D eigenvalue weighted by molar-refractivity contribution is 5.79. The van der Waals surface area contributed by atoms with Crippen molar-refractivity contribution in [3.8, 4) is 0 Å². The molecule has 6 heteroatoms. The topological polar surface area (TPSA) is 95.1 Å². The van der Waals surface area contributed by atoms with Crippen LogP contribution in [0.1, 0.15) is 37.2 Å². The van der Waals surface area contributed by atoms with Crippen molar-refractivity contribution in [2.24, 2.45) is 0 Å². The number of rotatable bonds is 5. The second-order valence-corrected chi connectivity index (χ2v) is 4.96. The number of aliphatic hydroxyl groups is 1. The van der Waals surface area contributed by atoms with Crippen molar-refractivity contribution < 1.29 is 9.90 Å². The largest absolute Gasteiger partial charge is 0.393 e. The lowest BCUT2D eigenvalue weighted by Gasteiger charge is -2.16. The van der Waals surface area contributed by atoms with Crippen LogP contribution in [-0.4, -0.2) is 33.1 Å². The highest BCUT2D eigenvalue weighted by atomic mass is 16.3. The average molecular weight is 267 g/mol. The Labute approximate surface area is 112 Å². The number of nitrogens with one attached hydrogen (secondary N) is 2. The molecule has 19 heavy (non-hydrogen) atoms. The van der Waals surface area contributed by atoms with Gasteiger partial charge in [0.05, 0.1) is 12.5 Å². The van der Waals surface area contributed by atoms with Gasteiger partial charge in [0.15, 0.2) is 0 Å². The fraction of sp³-hybridized carbons (Fsp3) is 0.615. The van der Waals surface area contributed by atoms with E-state index in [1.165, 1.54) is 0 Å². The van der Waals surface area contributed by atoms with Gasteiger partial charge < -0.3 is 15.4 Å². The van der Waals surface area contributed by atoms with Crippen molar-refractivity contribution in [3.05, 3.63) is 27.4 Å². The van der Waals surface area contributed by atoms with Gasteiger partial charge in [-0.3, -0.25) is 4.79 Å². The van der Waals surface area contributed by atoms with Crippen LogP contribution in [0.25, 0.3) is 0 Å². The first-order valence-electron chi connectivity index (χ1n) is 6.33. The summed E-state index contributed by atoms with van der Waals surface area (Å²) in [5.41, 5.74) is 1.57. The summed E-state index contributed by atoms with van der Waals surface area (Å²) in [4.78, 5) is 29.4. The number of carbonyl (C=O) groups excluding carboxylic acids is 1. The van der Waals surface area contributed by atoms with E-state index in [4.69, 9.17) is 0 Å². The summed E-state index contributed by atoms with van der Waals surface area (Å²) in [5.74, 6) is -0.145. The lowest BCUT2D eigenvalue weighted by Crippen LogP contribution is -2.36. The fourth-order valence-corrected chi connectivity index (χ4v) is 2.07. The summed E-state index contributed by atoms with van der Waals surface area (Å²) in [7, 11) is 0. The maximum atomic E-state index is 11.9. The maximum absolute atomic E-state index is 11.9. The Morgan fingerprint density at radius 1 is 1.42 bits per heavy atom. The highest BCUT2D eigenvalue weighted by Crippen LogP contribution is 2.08. The third-order valence-electron chi connectivity index (χ3n) is 2.89.